The summed E-state index contributed by atoms with van der Waals surface area (Å²) in [6.07, 6.45) is 2.74. The summed E-state index contributed by atoms with van der Waals surface area (Å²) in [4.78, 5) is 24.4. The predicted octanol–water partition coefficient (Wildman–Crippen LogP) is 3.12. The van der Waals surface area contributed by atoms with Crippen molar-refractivity contribution in [3.63, 3.8) is 0 Å². The number of piperidine rings is 1. The number of hydrogen-bond donors (Lipinski definition) is 0. The Bertz CT molecular complexity index is 812. The van der Waals surface area contributed by atoms with E-state index in [0.29, 0.717) is 12.5 Å². The van der Waals surface area contributed by atoms with Gasteiger partial charge in [0.15, 0.2) is 0 Å². The molecule has 0 aliphatic carbocycles. The molecule has 1 atom stereocenters. The number of benzene rings is 1. The van der Waals surface area contributed by atoms with E-state index in [-0.39, 0.29) is 5.91 Å². The third-order valence-electron chi connectivity index (χ3n) is 6.03. The second kappa shape index (κ2) is 8.62. The first-order valence-electron chi connectivity index (χ1n) is 10.3. The average Bonchev–Trinajstić information content (AvgIpc) is 3.13. The Kier molecular flexibility index (Phi) is 5.97. The van der Waals surface area contributed by atoms with E-state index in [1.54, 1.807) is 11.3 Å². The van der Waals surface area contributed by atoms with Crippen molar-refractivity contribution >= 4 is 22.9 Å². The predicted molar refractivity (Wildman–Crippen MR) is 115 cm³/mol. The summed E-state index contributed by atoms with van der Waals surface area (Å²) >= 11 is 1.62. The monoisotopic (exact) mass is 398 g/mol. The van der Waals surface area contributed by atoms with Gasteiger partial charge < -0.3 is 9.80 Å². The Morgan fingerprint density at radius 3 is 2.64 bits per heavy atom. The molecule has 0 bridgehead atoms. The number of hydrogen-bond acceptors (Lipinski definition) is 5. The molecule has 2 aromatic rings. The summed E-state index contributed by atoms with van der Waals surface area (Å²) in [6, 6.07) is 9.15. The molecular weight excluding hydrogens is 368 g/mol. The van der Waals surface area contributed by atoms with Crippen molar-refractivity contribution in [1.29, 1.82) is 0 Å². The molecular formula is C22H30N4OS. The molecule has 28 heavy (non-hydrogen) atoms. The molecule has 1 aromatic carbocycles. The minimum Gasteiger partial charge on any atom is -0.369 e. The summed E-state index contributed by atoms with van der Waals surface area (Å²) < 4.78 is 0. The number of aryl methyl sites for hydroxylation is 2. The van der Waals surface area contributed by atoms with Crippen LogP contribution in [0.4, 0.5) is 5.69 Å². The van der Waals surface area contributed by atoms with Crippen molar-refractivity contribution in [2.45, 2.75) is 39.2 Å². The lowest BCUT2D eigenvalue weighted by molar-refractivity contribution is -0.132. The number of rotatable bonds is 4. The molecule has 1 unspecified atom stereocenters. The Balaban J connectivity index is 1.31. The first-order valence-corrected chi connectivity index (χ1v) is 11.2. The number of carbonyl (C=O) groups excluding carboxylic acids is 1. The normalized spacial score (nSPS) is 21.1. The Morgan fingerprint density at radius 2 is 1.93 bits per heavy atom. The summed E-state index contributed by atoms with van der Waals surface area (Å²) in [6.45, 7) is 10.2. The Labute approximate surface area is 172 Å². The molecule has 2 aliphatic rings. The van der Waals surface area contributed by atoms with E-state index in [0.717, 1.165) is 56.4 Å². The van der Waals surface area contributed by atoms with Crippen molar-refractivity contribution in [3.05, 3.63) is 45.9 Å². The highest BCUT2D eigenvalue weighted by Gasteiger charge is 2.30. The molecule has 6 heteroatoms. The molecule has 0 radical (unpaired) electrons. The maximum absolute atomic E-state index is 12.7. The van der Waals surface area contributed by atoms with Crippen LogP contribution in [0, 0.1) is 13.8 Å². The van der Waals surface area contributed by atoms with Gasteiger partial charge in [0, 0.05) is 56.4 Å². The molecule has 1 aromatic heterocycles. The molecule has 2 saturated heterocycles. The minimum absolute atomic E-state index is 0.230. The maximum atomic E-state index is 12.7. The van der Waals surface area contributed by atoms with Gasteiger partial charge in [0.2, 0.25) is 5.91 Å². The third kappa shape index (κ3) is 4.39. The number of piperazine rings is 1. The molecule has 0 spiro atoms. The van der Waals surface area contributed by atoms with Gasteiger partial charge in [0.25, 0.3) is 0 Å². The Hall–Kier alpha value is -1.92. The van der Waals surface area contributed by atoms with Gasteiger partial charge in [-0.2, -0.15) is 0 Å². The minimum atomic E-state index is 0.230. The van der Waals surface area contributed by atoms with E-state index in [1.807, 2.05) is 12.3 Å². The van der Waals surface area contributed by atoms with E-state index in [4.69, 9.17) is 0 Å². The maximum Gasteiger partial charge on any atom is 0.228 e. The van der Waals surface area contributed by atoms with Crippen LogP contribution in [0.3, 0.4) is 0 Å². The second-order valence-electron chi connectivity index (χ2n) is 7.98. The number of nitrogens with zero attached hydrogens (tertiary/aromatic N) is 4. The van der Waals surface area contributed by atoms with Gasteiger partial charge >= 0.3 is 0 Å². The third-order valence-corrected chi connectivity index (χ3v) is 6.86. The quantitative estimate of drug-likeness (QED) is 0.793. The van der Waals surface area contributed by atoms with Gasteiger partial charge in [-0.1, -0.05) is 18.2 Å². The zero-order valence-corrected chi connectivity index (χ0v) is 17.7. The van der Waals surface area contributed by atoms with Gasteiger partial charge in [-0.15, -0.1) is 11.3 Å². The molecule has 0 N–H and O–H groups in total. The molecule has 2 fully saturated rings. The van der Waals surface area contributed by atoms with Crippen molar-refractivity contribution < 1.29 is 4.79 Å². The number of carbonyl (C=O) groups is 1. The van der Waals surface area contributed by atoms with Crippen LogP contribution in [0.2, 0.25) is 0 Å². The molecule has 5 nitrogen and oxygen atoms in total. The van der Waals surface area contributed by atoms with Crippen molar-refractivity contribution in [1.82, 2.24) is 14.8 Å². The summed E-state index contributed by atoms with van der Waals surface area (Å²) in [7, 11) is 0. The van der Waals surface area contributed by atoms with Crippen molar-refractivity contribution in [2.24, 2.45) is 0 Å². The zero-order valence-electron chi connectivity index (χ0n) is 16.9. The van der Waals surface area contributed by atoms with Crippen LogP contribution in [0.25, 0.3) is 0 Å². The standard InChI is InChI=1S/C22H30N4OS/c1-17-6-3-4-8-21(17)25-12-10-24(11-13-25)20-7-5-9-26(15-20)22(27)14-19-16-28-18(2)23-19/h3-4,6,8,16,20H,5,7,9-15H2,1-2H3. The number of thiazole rings is 1. The number of anilines is 1. The highest BCUT2D eigenvalue weighted by atomic mass is 32.1. The van der Waals surface area contributed by atoms with Gasteiger partial charge in [-0.05, 0) is 38.3 Å². The largest absolute Gasteiger partial charge is 0.369 e. The summed E-state index contributed by atoms with van der Waals surface area (Å²) in [5.74, 6) is 0.230. The highest BCUT2D eigenvalue weighted by molar-refractivity contribution is 7.09. The van der Waals surface area contributed by atoms with Crippen LogP contribution in [-0.4, -0.2) is 66.0 Å². The fourth-order valence-electron chi connectivity index (χ4n) is 4.48. The SMILES string of the molecule is Cc1nc(CC(=O)N2CCCC(N3CCN(c4ccccc4C)CC3)C2)cs1. The van der Waals surface area contributed by atoms with Gasteiger partial charge in [0.05, 0.1) is 17.1 Å². The molecule has 2 aliphatic heterocycles. The Morgan fingerprint density at radius 1 is 1.14 bits per heavy atom. The van der Waals surface area contributed by atoms with Gasteiger partial charge in [-0.25, -0.2) is 4.98 Å². The average molecular weight is 399 g/mol. The smallest absolute Gasteiger partial charge is 0.228 e. The number of aromatic nitrogens is 1. The number of amides is 1. The van der Waals surface area contributed by atoms with E-state index >= 15 is 0 Å². The lowest BCUT2D eigenvalue weighted by atomic mass is 10.0. The topological polar surface area (TPSA) is 39.7 Å². The van der Waals surface area contributed by atoms with Crippen LogP contribution in [-0.2, 0) is 11.2 Å². The van der Waals surface area contributed by atoms with Gasteiger partial charge in [0.1, 0.15) is 0 Å². The molecule has 4 rings (SSSR count). The lowest BCUT2D eigenvalue weighted by Gasteiger charge is -2.44. The van der Waals surface area contributed by atoms with E-state index in [1.165, 1.54) is 17.7 Å². The first kappa shape index (κ1) is 19.4. The first-order chi connectivity index (χ1) is 13.6. The molecule has 0 saturated carbocycles. The zero-order chi connectivity index (χ0) is 19.5. The van der Waals surface area contributed by atoms with Crippen LogP contribution >= 0.6 is 11.3 Å². The van der Waals surface area contributed by atoms with E-state index in [2.05, 4.69) is 50.9 Å². The van der Waals surface area contributed by atoms with Crippen LogP contribution in [0.15, 0.2) is 29.6 Å². The lowest BCUT2D eigenvalue weighted by Crippen LogP contribution is -2.56. The van der Waals surface area contributed by atoms with Crippen molar-refractivity contribution in [2.75, 3.05) is 44.2 Å². The highest BCUT2D eigenvalue weighted by Crippen LogP contribution is 2.23. The fourth-order valence-corrected chi connectivity index (χ4v) is 5.09. The van der Waals surface area contributed by atoms with E-state index in [9.17, 15) is 4.79 Å². The molecule has 3 heterocycles. The van der Waals surface area contributed by atoms with Crippen molar-refractivity contribution in [3.8, 4) is 0 Å². The van der Waals surface area contributed by atoms with Gasteiger partial charge in [-0.3, -0.25) is 9.69 Å². The van der Waals surface area contributed by atoms with Crippen LogP contribution < -0.4 is 4.90 Å². The summed E-state index contributed by atoms with van der Waals surface area (Å²) in [5.41, 5.74) is 3.63. The number of para-hydroxylation sites is 1. The van der Waals surface area contributed by atoms with Crippen LogP contribution in [0.5, 0.6) is 0 Å². The molecule has 150 valence electrons. The summed E-state index contributed by atoms with van der Waals surface area (Å²) in [5, 5.41) is 3.05. The fraction of sp³-hybridized carbons (Fsp3) is 0.545. The van der Waals surface area contributed by atoms with E-state index < -0.39 is 0 Å². The molecule has 1 amide bonds. The second-order valence-corrected chi connectivity index (χ2v) is 9.04. The number of likely N-dealkylation sites (tertiary alicyclic amines) is 1. The van der Waals surface area contributed by atoms with Crippen LogP contribution in [0.1, 0.15) is 29.1 Å².